The van der Waals surface area contributed by atoms with Gasteiger partial charge in [-0.25, -0.2) is 0 Å². The second-order valence-electron chi connectivity index (χ2n) is 7.23. The summed E-state index contributed by atoms with van der Waals surface area (Å²) >= 11 is 0. The molecule has 1 aliphatic heterocycles. The van der Waals surface area contributed by atoms with E-state index in [2.05, 4.69) is 23.7 Å². The quantitative estimate of drug-likeness (QED) is 0.617. The zero-order valence-corrected chi connectivity index (χ0v) is 16.8. The Bertz CT molecular complexity index is 1070. The summed E-state index contributed by atoms with van der Waals surface area (Å²) < 4.78 is 5.93. The Morgan fingerprint density at radius 1 is 1.07 bits per heavy atom. The Labute approximate surface area is 169 Å². The standard InChI is InChI=1S/C23H25N3O3/c1-3-25(4-2)14-7-15-26-20(16-10-12-24-13-11-16)19-21(27)17-8-5-6-9-18(17)29-22(19)23(26)28/h5-6,8-13,20H,3-4,7,14-15H2,1-2H3/t20-/m1/s1. The summed E-state index contributed by atoms with van der Waals surface area (Å²) in [7, 11) is 0. The van der Waals surface area contributed by atoms with E-state index in [0.717, 1.165) is 31.6 Å². The largest absolute Gasteiger partial charge is 0.450 e. The van der Waals surface area contributed by atoms with Gasteiger partial charge in [0.15, 0.2) is 5.43 Å². The molecule has 3 heterocycles. The summed E-state index contributed by atoms with van der Waals surface area (Å²) in [4.78, 5) is 34.7. The lowest BCUT2D eigenvalue weighted by Gasteiger charge is -2.26. The first-order chi connectivity index (χ1) is 14.2. The van der Waals surface area contributed by atoms with Gasteiger partial charge in [-0.2, -0.15) is 0 Å². The normalized spacial score (nSPS) is 16.0. The molecule has 0 saturated heterocycles. The summed E-state index contributed by atoms with van der Waals surface area (Å²) in [6, 6.07) is 10.4. The molecule has 0 fully saturated rings. The van der Waals surface area contributed by atoms with Crippen LogP contribution in [0.15, 0.2) is 58.0 Å². The van der Waals surface area contributed by atoms with Crippen molar-refractivity contribution in [1.29, 1.82) is 0 Å². The smallest absolute Gasteiger partial charge is 0.290 e. The highest BCUT2D eigenvalue weighted by molar-refractivity contribution is 5.99. The third-order valence-corrected chi connectivity index (χ3v) is 5.66. The molecule has 3 aromatic rings. The molecule has 0 radical (unpaired) electrons. The first kappa shape index (κ1) is 19.3. The van der Waals surface area contributed by atoms with Crippen molar-refractivity contribution in [2.75, 3.05) is 26.2 Å². The minimum atomic E-state index is -0.446. The maximum absolute atomic E-state index is 13.3. The molecule has 2 aromatic heterocycles. The maximum Gasteiger partial charge on any atom is 0.290 e. The lowest BCUT2D eigenvalue weighted by Crippen LogP contribution is -2.33. The minimum Gasteiger partial charge on any atom is -0.450 e. The zero-order valence-electron chi connectivity index (χ0n) is 16.8. The lowest BCUT2D eigenvalue weighted by atomic mass is 9.99. The highest BCUT2D eigenvalue weighted by atomic mass is 16.3. The average Bonchev–Trinajstić information content (AvgIpc) is 3.04. The molecule has 1 atom stereocenters. The monoisotopic (exact) mass is 391 g/mol. The molecule has 1 amide bonds. The molecule has 0 spiro atoms. The number of carbonyl (C=O) groups is 1. The molecular weight excluding hydrogens is 366 g/mol. The molecular formula is C23H25N3O3. The van der Waals surface area contributed by atoms with E-state index >= 15 is 0 Å². The van der Waals surface area contributed by atoms with Crippen LogP contribution in [0.1, 0.15) is 48.0 Å². The lowest BCUT2D eigenvalue weighted by molar-refractivity contribution is 0.0720. The number of para-hydroxylation sites is 1. The van der Waals surface area contributed by atoms with Gasteiger partial charge in [-0.3, -0.25) is 14.6 Å². The summed E-state index contributed by atoms with van der Waals surface area (Å²) in [5, 5.41) is 0.503. The van der Waals surface area contributed by atoms with Crippen LogP contribution >= 0.6 is 0 Å². The van der Waals surface area contributed by atoms with E-state index in [-0.39, 0.29) is 17.1 Å². The predicted molar refractivity (Wildman–Crippen MR) is 112 cm³/mol. The van der Waals surface area contributed by atoms with Gasteiger partial charge in [0, 0.05) is 18.9 Å². The van der Waals surface area contributed by atoms with Crippen LogP contribution in [0.4, 0.5) is 0 Å². The molecule has 1 aromatic carbocycles. The molecule has 0 N–H and O–H groups in total. The fourth-order valence-corrected chi connectivity index (χ4v) is 4.09. The van der Waals surface area contributed by atoms with Crippen molar-refractivity contribution in [1.82, 2.24) is 14.8 Å². The fraction of sp³-hybridized carbons (Fsp3) is 0.348. The summed E-state index contributed by atoms with van der Waals surface area (Å²) in [6.07, 6.45) is 4.21. The van der Waals surface area contributed by atoms with E-state index in [1.807, 2.05) is 18.2 Å². The van der Waals surface area contributed by atoms with Crippen LogP contribution < -0.4 is 5.43 Å². The third kappa shape index (κ3) is 3.44. The van der Waals surface area contributed by atoms with Crippen LogP contribution in [-0.4, -0.2) is 46.9 Å². The van der Waals surface area contributed by atoms with Crippen LogP contribution in [0.3, 0.4) is 0 Å². The molecule has 150 valence electrons. The number of rotatable bonds is 7. The van der Waals surface area contributed by atoms with Gasteiger partial charge >= 0.3 is 0 Å². The molecule has 6 nitrogen and oxygen atoms in total. The SMILES string of the molecule is CCN(CC)CCCN1C(=O)c2oc3ccccc3c(=O)c2[C@H]1c1ccncc1. The van der Waals surface area contributed by atoms with E-state index in [0.29, 0.717) is 23.1 Å². The third-order valence-electron chi connectivity index (χ3n) is 5.66. The highest BCUT2D eigenvalue weighted by Gasteiger charge is 2.42. The summed E-state index contributed by atoms with van der Waals surface area (Å²) in [6.45, 7) is 7.68. The summed E-state index contributed by atoms with van der Waals surface area (Å²) in [5.74, 6) is -0.0532. The van der Waals surface area contributed by atoms with Gasteiger partial charge in [0.05, 0.1) is 17.0 Å². The molecule has 0 unspecified atom stereocenters. The Balaban J connectivity index is 1.77. The van der Waals surface area contributed by atoms with Crippen LogP contribution in [-0.2, 0) is 0 Å². The van der Waals surface area contributed by atoms with Gasteiger partial charge in [0.2, 0.25) is 5.76 Å². The Morgan fingerprint density at radius 2 is 1.79 bits per heavy atom. The minimum absolute atomic E-state index is 0.136. The van der Waals surface area contributed by atoms with Crippen molar-refractivity contribution < 1.29 is 9.21 Å². The van der Waals surface area contributed by atoms with Crippen LogP contribution in [0, 0.1) is 0 Å². The van der Waals surface area contributed by atoms with E-state index < -0.39 is 6.04 Å². The second kappa shape index (κ2) is 8.17. The maximum atomic E-state index is 13.3. The van der Waals surface area contributed by atoms with Gasteiger partial charge in [-0.15, -0.1) is 0 Å². The van der Waals surface area contributed by atoms with Gasteiger partial charge in [-0.1, -0.05) is 26.0 Å². The summed E-state index contributed by atoms with van der Waals surface area (Å²) in [5.41, 5.74) is 1.62. The molecule has 0 bridgehead atoms. The number of pyridine rings is 1. The number of aromatic nitrogens is 1. The van der Waals surface area contributed by atoms with E-state index in [1.165, 1.54) is 0 Å². The van der Waals surface area contributed by atoms with E-state index in [9.17, 15) is 9.59 Å². The molecule has 6 heteroatoms. The van der Waals surface area contributed by atoms with Crippen LogP contribution in [0.25, 0.3) is 11.0 Å². The van der Waals surface area contributed by atoms with Crippen molar-refractivity contribution in [2.45, 2.75) is 26.3 Å². The topological polar surface area (TPSA) is 66.7 Å². The molecule has 0 saturated carbocycles. The molecule has 1 aliphatic rings. The van der Waals surface area contributed by atoms with Gasteiger partial charge < -0.3 is 14.2 Å². The molecule has 0 aliphatic carbocycles. The zero-order chi connectivity index (χ0) is 20.4. The number of carbonyl (C=O) groups excluding carboxylic acids is 1. The first-order valence-electron chi connectivity index (χ1n) is 10.1. The van der Waals surface area contributed by atoms with Gasteiger partial charge in [0.25, 0.3) is 5.91 Å². The fourth-order valence-electron chi connectivity index (χ4n) is 4.09. The van der Waals surface area contributed by atoms with Crippen molar-refractivity contribution in [3.8, 4) is 0 Å². The van der Waals surface area contributed by atoms with Crippen molar-refractivity contribution in [3.63, 3.8) is 0 Å². The second-order valence-corrected chi connectivity index (χ2v) is 7.23. The first-order valence-corrected chi connectivity index (χ1v) is 10.1. The number of hydrogen-bond acceptors (Lipinski definition) is 5. The molecule has 29 heavy (non-hydrogen) atoms. The van der Waals surface area contributed by atoms with Gasteiger partial charge in [0.1, 0.15) is 5.58 Å². The van der Waals surface area contributed by atoms with Crippen molar-refractivity contribution in [2.24, 2.45) is 0 Å². The average molecular weight is 391 g/mol. The number of amides is 1. The van der Waals surface area contributed by atoms with Crippen LogP contribution in [0.5, 0.6) is 0 Å². The van der Waals surface area contributed by atoms with Gasteiger partial charge in [-0.05, 0) is 55.9 Å². The number of hydrogen-bond donors (Lipinski definition) is 0. The van der Waals surface area contributed by atoms with E-state index in [4.69, 9.17) is 4.42 Å². The number of benzene rings is 1. The van der Waals surface area contributed by atoms with E-state index in [1.54, 1.807) is 35.5 Å². The molecule has 4 rings (SSSR count). The Hall–Kier alpha value is -2.99. The Kier molecular flexibility index (Phi) is 5.45. The highest BCUT2D eigenvalue weighted by Crippen LogP contribution is 2.37. The van der Waals surface area contributed by atoms with Crippen LogP contribution in [0.2, 0.25) is 0 Å². The predicted octanol–water partition coefficient (Wildman–Crippen LogP) is 3.47. The number of fused-ring (bicyclic) bond motifs is 2. The van der Waals surface area contributed by atoms with Crippen molar-refractivity contribution >= 4 is 16.9 Å². The number of nitrogens with zero attached hydrogens (tertiary/aromatic N) is 3. The van der Waals surface area contributed by atoms with Crippen molar-refractivity contribution in [3.05, 3.63) is 75.9 Å². The Morgan fingerprint density at radius 3 is 2.52 bits per heavy atom.